The van der Waals surface area contributed by atoms with Crippen LogP contribution in [0.1, 0.15) is 30.4 Å². The molecule has 2 rings (SSSR count). The summed E-state index contributed by atoms with van der Waals surface area (Å²) in [5.74, 6) is -0.691. The first kappa shape index (κ1) is 13.1. The number of hydrogen-bond acceptors (Lipinski definition) is 2. The van der Waals surface area contributed by atoms with Crippen molar-refractivity contribution >= 4 is 5.97 Å². The van der Waals surface area contributed by atoms with Crippen molar-refractivity contribution in [3.63, 3.8) is 0 Å². The van der Waals surface area contributed by atoms with Gasteiger partial charge in [-0.2, -0.15) is 0 Å². The number of carboxylic acids is 1. The molecular formula is C15H21NO2. The van der Waals surface area contributed by atoms with E-state index in [9.17, 15) is 4.79 Å². The van der Waals surface area contributed by atoms with Crippen molar-refractivity contribution in [3.05, 3.63) is 35.4 Å². The Bertz CT molecular complexity index is 419. The maximum Gasteiger partial charge on any atom is 0.304 e. The smallest absolute Gasteiger partial charge is 0.304 e. The number of hydrogen-bond donors (Lipinski definition) is 1. The molecule has 1 fully saturated rings. The lowest BCUT2D eigenvalue weighted by Gasteiger charge is -2.14. The molecule has 98 valence electrons. The van der Waals surface area contributed by atoms with Crippen molar-refractivity contribution in [2.45, 2.75) is 31.1 Å². The summed E-state index contributed by atoms with van der Waals surface area (Å²) in [5, 5.41) is 8.94. The van der Waals surface area contributed by atoms with E-state index in [0.29, 0.717) is 0 Å². The molecule has 3 nitrogen and oxygen atoms in total. The molecule has 0 amide bonds. The lowest BCUT2D eigenvalue weighted by Crippen LogP contribution is -2.15. The SMILES string of the molecule is CN(C)CCc1ccc(C2(CC(=O)O)CC2)cc1. The van der Waals surface area contributed by atoms with Crippen molar-refractivity contribution in [1.82, 2.24) is 4.90 Å². The fraction of sp³-hybridized carbons (Fsp3) is 0.533. The molecule has 3 heteroatoms. The first-order valence-electron chi connectivity index (χ1n) is 6.48. The van der Waals surface area contributed by atoms with Gasteiger partial charge >= 0.3 is 5.97 Å². The van der Waals surface area contributed by atoms with Gasteiger partial charge in [-0.05, 0) is 44.5 Å². The molecule has 0 aliphatic heterocycles. The van der Waals surface area contributed by atoms with E-state index in [0.717, 1.165) is 25.8 Å². The highest BCUT2D eigenvalue weighted by atomic mass is 16.4. The monoisotopic (exact) mass is 247 g/mol. The van der Waals surface area contributed by atoms with Crippen LogP contribution in [0, 0.1) is 0 Å². The van der Waals surface area contributed by atoms with E-state index < -0.39 is 5.97 Å². The highest BCUT2D eigenvalue weighted by Gasteiger charge is 2.45. The number of nitrogens with zero attached hydrogens (tertiary/aromatic N) is 1. The van der Waals surface area contributed by atoms with Crippen LogP contribution >= 0.6 is 0 Å². The average molecular weight is 247 g/mol. The van der Waals surface area contributed by atoms with Gasteiger partial charge in [-0.3, -0.25) is 4.79 Å². The normalized spacial score (nSPS) is 16.8. The number of carbonyl (C=O) groups is 1. The Morgan fingerprint density at radius 2 is 1.89 bits per heavy atom. The summed E-state index contributed by atoms with van der Waals surface area (Å²) in [6.07, 6.45) is 3.33. The molecule has 0 radical (unpaired) electrons. The largest absolute Gasteiger partial charge is 0.481 e. The summed E-state index contributed by atoms with van der Waals surface area (Å²) in [6, 6.07) is 8.50. The molecule has 0 heterocycles. The van der Waals surface area contributed by atoms with Gasteiger partial charge in [0.15, 0.2) is 0 Å². The van der Waals surface area contributed by atoms with E-state index in [1.165, 1.54) is 11.1 Å². The third-order valence-corrected chi connectivity index (χ3v) is 3.76. The van der Waals surface area contributed by atoms with Gasteiger partial charge in [0.05, 0.1) is 6.42 Å². The second-order valence-corrected chi connectivity index (χ2v) is 5.60. The maximum absolute atomic E-state index is 10.9. The van der Waals surface area contributed by atoms with Gasteiger partial charge in [-0.1, -0.05) is 24.3 Å². The Balaban J connectivity index is 2.01. The van der Waals surface area contributed by atoms with Gasteiger partial charge in [0.1, 0.15) is 0 Å². The van der Waals surface area contributed by atoms with Crippen LogP contribution in [0.25, 0.3) is 0 Å². The summed E-state index contributed by atoms with van der Waals surface area (Å²) in [5.41, 5.74) is 2.45. The lowest BCUT2D eigenvalue weighted by molar-refractivity contribution is -0.137. The van der Waals surface area contributed by atoms with E-state index in [-0.39, 0.29) is 11.8 Å². The zero-order valence-electron chi connectivity index (χ0n) is 11.1. The molecule has 0 aromatic heterocycles. The van der Waals surface area contributed by atoms with Gasteiger partial charge in [0, 0.05) is 12.0 Å². The molecule has 0 bridgehead atoms. The van der Waals surface area contributed by atoms with Gasteiger partial charge in [-0.25, -0.2) is 0 Å². The third kappa shape index (κ3) is 3.10. The van der Waals surface area contributed by atoms with E-state index in [1.807, 2.05) is 0 Å². The predicted molar refractivity (Wildman–Crippen MR) is 71.9 cm³/mol. The summed E-state index contributed by atoms with van der Waals surface area (Å²) in [6.45, 7) is 1.04. The summed E-state index contributed by atoms with van der Waals surface area (Å²) >= 11 is 0. The topological polar surface area (TPSA) is 40.5 Å². The number of rotatable bonds is 6. The number of carboxylic acid groups (broad SMARTS) is 1. The molecule has 0 atom stereocenters. The summed E-state index contributed by atoms with van der Waals surface area (Å²) in [4.78, 5) is 13.0. The number of likely N-dealkylation sites (N-methyl/N-ethyl adjacent to an activating group) is 1. The van der Waals surface area contributed by atoms with Crippen LogP contribution < -0.4 is 0 Å². The highest BCUT2D eigenvalue weighted by molar-refractivity contribution is 5.70. The van der Waals surface area contributed by atoms with Gasteiger partial charge in [0.25, 0.3) is 0 Å². The molecule has 1 aromatic rings. The molecule has 18 heavy (non-hydrogen) atoms. The predicted octanol–water partition coefficient (Wildman–Crippen LogP) is 2.30. The van der Waals surface area contributed by atoms with Crippen molar-refractivity contribution in [2.75, 3.05) is 20.6 Å². The summed E-state index contributed by atoms with van der Waals surface area (Å²) in [7, 11) is 4.14. The fourth-order valence-corrected chi connectivity index (χ4v) is 2.39. The van der Waals surface area contributed by atoms with Crippen LogP contribution in [-0.2, 0) is 16.6 Å². The van der Waals surface area contributed by atoms with Crippen molar-refractivity contribution < 1.29 is 9.90 Å². The third-order valence-electron chi connectivity index (χ3n) is 3.76. The van der Waals surface area contributed by atoms with E-state index in [4.69, 9.17) is 5.11 Å². The Labute approximate surface area is 108 Å². The van der Waals surface area contributed by atoms with E-state index >= 15 is 0 Å². The van der Waals surface area contributed by atoms with Crippen LogP contribution in [0.15, 0.2) is 24.3 Å². The lowest BCUT2D eigenvalue weighted by atomic mass is 9.91. The average Bonchev–Trinajstić information content (AvgIpc) is 3.07. The molecular weight excluding hydrogens is 226 g/mol. The van der Waals surface area contributed by atoms with Crippen molar-refractivity contribution in [1.29, 1.82) is 0 Å². The molecule has 1 aromatic carbocycles. The van der Waals surface area contributed by atoms with Gasteiger partial charge in [0.2, 0.25) is 0 Å². The molecule has 1 N–H and O–H groups in total. The molecule has 1 saturated carbocycles. The Morgan fingerprint density at radius 1 is 1.28 bits per heavy atom. The molecule has 0 saturated heterocycles. The van der Waals surface area contributed by atoms with Crippen LogP contribution in [0.3, 0.4) is 0 Å². The first-order valence-corrected chi connectivity index (χ1v) is 6.48. The Hall–Kier alpha value is -1.35. The Kier molecular flexibility index (Phi) is 3.71. The standard InChI is InChI=1S/C15H21NO2/c1-16(2)10-7-12-3-5-13(6-4-12)15(8-9-15)11-14(17)18/h3-6H,7-11H2,1-2H3,(H,17,18). The Morgan fingerprint density at radius 3 is 2.33 bits per heavy atom. The first-order chi connectivity index (χ1) is 8.52. The van der Waals surface area contributed by atoms with Crippen LogP contribution in [-0.4, -0.2) is 36.6 Å². The van der Waals surface area contributed by atoms with Gasteiger partial charge < -0.3 is 10.0 Å². The van der Waals surface area contributed by atoms with Crippen LogP contribution in [0.2, 0.25) is 0 Å². The van der Waals surface area contributed by atoms with Crippen LogP contribution in [0.5, 0.6) is 0 Å². The molecule has 0 spiro atoms. The second-order valence-electron chi connectivity index (χ2n) is 5.60. The molecule has 1 aliphatic carbocycles. The van der Waals surface area contributed by atoms with Gasteiger partial charge in [-0.15, -0.1) is 0 Å². The quantitative estimate of drug-likeness (QED) is 0.838. The van der Waals surface area contributed by atoms with E-state index in [1.54, 1.807) is 0 Å². The minimum Gasteiger partial charge on any atom is -0.481 e. The summed E-state index contributed by atoms with van der Waals surface area (Å²) < 4.78 is 0. The highest BCUT2D eigenvalue weighted by Crippen LogP contribution is 2.50. The number of benzene rings is 1. The van der Waals surface area contributed by atoms with Crippen LogP contribution in [0.4, 0.5) is 0 Å². The zero-order valence-corrected chi connectivity index (χ0v) is 11.1. The minimum absolute atomic E-state index is 0.0636. The maximum atomic E-state index is 10.9. The second kappa shape index (κ2) is 5.11. The minimum atomic E-state index is -0.691. The molecule has 1 aliphatic rings. The zero-order chi connectivity index (χ0) is 13.2. The molecule has 0 unspecified atom stereocenters. The van der Waals surface area contributed by atoms with Crippen molar-refractivity contribution in [3.8, 4) is 0 Å². The van der Waals surface area contributed by atoms with Crippen molar-refractivity contribution in [2.24, 2.45) is 0 Å². The van der Waals surface area contributed by atoms with E-state index in [2.05, 4.69) is 43.3 Å². The fourth-order valence-electron chi connectivity index (χ4n) is 2.39. The number of aliphatic carboxylic acids is 1.